The number of fused-ring (bicyclic) bond motifs is 2. The van der Waals surface area contributed by atoms with Crippen molar-refractivity contribution in [3.8, 4) is 11.5 Å². The van der Waals surface area contributed by atoms with Crippen LogP contribution in [-0.4, -0.2) is 54.8 Å². The summed E-state index contributed by atoms with van der Waals surface area (Å²) >= 11 is 0. The quantitative estimate of drug-likeness (QED) is 0.519. The summed E-state index contributed by atoms with van der Waals surface area (Å²) in [5.74, 6) is -0.560. The van der Waals surface area contributed by atoms with E-state index in [0.717, 1.165) is 10.5 Å². The van der Waals surface area contributed by atoms with Crippen LogP contribution in [0.1, 0.15) is 43.6 Å². The highest BCUT2D eigenvalue weighted by Gasteiger charge is 2.38. The van der Waals surface area contributed by atoms with E-state index in [0.29, 0.717) is 36.1 Å². The average molecular weight is 500 g/mol. The fraction of sp³-hybridized carbons (Fsp3) is 0.214. The Balaban J connectivity index is 1.31. The number of carbonyl (C=O) groups excluding carboxylic acids is 4. The Morgan fingerprint density at radius 3 is 2.41 bits per heavy atom. The molecule has 0 saturated carbocycles. The third-order valence-corrected chi connectivity index (χ3v) is 6.32. The number of imide groups is 1. The number of aryl methyl sites for hydroxylation is 1. The fourth-order valence-corrected chi connectivity index (χ4v) is 4.41. The first kappa shape index (κ1) is 24.1. The molecule has 0 aliphatic carbocycles. The Morgan fingerprint density at radius 1 is 0.919 bits per heavy atom. The van der Waals surface area contributed by atoms with Gasteiger partial charge in [0.25, 0.3) is 17.7 Å². The molecule has 0 saturated heterocycles. The van der Waals surface area contributed by atoms with Crippen LogP contribution in [0.5, 0.6) is 11.5 Å². The molecule has 0 unspecified atom stereocenters. The summed E-state index contributed by atoms with van der Waals surface area (Å²) < 4.78 is 11.0. The molecule has 9 nitrogen and oxygen atoms in total. The van der Waals surface area contributed by atoms with Gasteiger partial charge in [-0.05, 0) is 55.8 Å². The minimum atomic E-state index is -0.483. The van der Waals surface area contributed by atoms with E-state index in [1.165, 1.54) is 23.1 Å². The van der Waals surface area contributed by atoms with Gasteiger partial charge in [-0.1, -0.05) is 18.2 Å². The third kappa shape index (κ3) is 4.51. The minimum absolute atomic E-state index is 0.163. The largest absolute Gasteiger partial charge is 0.486 e. The van der Waals surface area contributed by atoms with Crippen molar-refractivity contribution < 1.29 is 28.7 Å². The average Bonchev–Trinajstić information content (AvgIpc) is 3.16. The van der Waals surface area contributed by atoms with Crippen LogP contribution in [0, 0.1) is 6.92 Å². The second-order valence-electron chi connectivity index (χ2n) is 8.72. The van der Waals surface area contributed by atoms with Crippen molar-refractivity contribution >= 4 is 35.0 Å². The van der Waals surface area contributed by atoms with E-state index in [-0.39, 0.29) is 35.7 Å². The van der Waals surface area contributed by atoms with E-state index in [4.69, 9.17) is 9.47 Å². The number of benzene rings is 3. The predicted molar refractivity (Wildman–Crippen MR) is 136 cm³/mol. The highest BCUT2D eigenvalue weighted by atomic mass is 16.6. The van der Waals surface area contributed by atoms with Crippen molar-refractivity contribution in [3.63, 3.8) is 0 Å². The smallest absolute Gasteiger partial charge is 0.266 e. The zero-order chi connectivity index (χ0) is 26.1. The van der Waals surface area contributed by atoms with E-state index >= 15 is 0 Å². The molecule has 0 fully saturated rings. The van der Waals surface area contributed by atoms with Gasteiger partial charge in [-0.2, -0.15) is 0 Å². The molecule has 5 rings (SSSR count). The van der Waals surface area contributed by atoms with Crippen LogP contribution in [0.4, 0.5) is 11.4 Å². The zero-order valence-corrected chi connectivity index (χ0v) is 20.4. The first-order valence-electron chi connectivity index (χ1n) is 11.9. The zero-order valence-electron chi connectivity index (χ0n) is 20.4. The summed E-state index contributed by atoms with van der Waals surface area (Å²) in [6, 6.07) is 16.6. The number of likely N-dealkylation sites (N-methyl/N-ethyl adjacent to an activating group) is 1. The van der Waals surface area contributed by atoms with Crippen molar-refractivity contribution in [1.29, 1.82) is 0 Å². The van der Waals surface area contributed by atoms with Gasteiger partial charge >= 0.3 is 0 Å². The van der Waals surface area contributed by atoms with Crippen LogP contribution in [0.25, 0.3) is 0 Å². The summed E-state index contributed by atoms with van der Waals surface area (Å²) in [6.07, 6.45) is 0. The van der Waals surface area contributed by atoms with Crippen molar-refractivity contribution in [2.75, 3.05) is 36.5 Å². The molecule has 37 heavy (non-hydrogen) atoms. The van der Waals surface area contributed by atoms with Gasteiger partial charge in [0.2, 0.25) is 5.91 Å². The second-order valence-corrected chi connectivity index (χ2v) is 8.72. The number of anilines is 2. The maximum atomic E-state index is 13.2. The SMILES string of the molecule is CCN(CC(=O)Nc1ccc2c(c1)OCCO2)C(=O)c1ccc2c(c1)C(=O)N(c1ccccc1C)C2=O. The minimum Gasteiger partial charge on any atom is -0.486 e. The summed E-state index contributed by atoms with van der Waals surface area (Å²) in [4.78, 5) is 54.6. The van der Waals surface area contributed by atoms with Crippen molar-refractivity contribution in [2.45, 2.75) is 13.8 Å². The van der Waals surface area contributed by atoms with Crippen molar-refractivity contribution in [2.24, 2.45) is 0 Å². The molecule has 2 aliphatic rings. The molecule has 0 atom stereocenters. The Hall–Kier alpha value is -4.66. The summed E-state index contributed by atoms with van der Waals surface area (Å²) in [5.41, 5.74) is 2.44. The number of amides is 4. The number of nitrogens with one attached hydrogen (secondary N) is 1. The van der Waals surface area contributed by atoms with Gasteiger partial charge in [0.15, 0.2) is 11.5 Å². The van der Waals surface area contributed by atoms with E-state index in [1.807, 2.05) is 19.1 Å². The van der Waals surface area contributed by atoms with Gasteiger partial charge < -0.3 is 19.7 Å². The van der Waals surface area contributed by atoms with Crippen LogP contribution < -0.4 is 19.7 Å². The van der Waals surface area contributed by atoms with E-state index in [9.17, 15) is 19.2 Å². The molecule has 2 heterocycles. The van der Waals surface area contributed by atoms with Gasteiger partial charge in [-0.3, -0.25) is 19.2 Å². The van der Waals surface area contributed by atoms with E-state index < -0.39 is 17.7 Å². The highest BCUT2D eigenvalue weighted by Crippen LogP contribution is 2.33. The monoisotopic (exact) mass is 499 g/mol. The molecule has 1 N–H and O–H groups in total. The Morgan fingerprint density at radius 2 is 1.65 bits per heavy atom. The lowest BCUT2D eigenvalue weighted by Crippen LogP contribution is -2.38. The topological polar surface area (TPSA) is 105 Å². The summed E-state index contributed by atoms with van der Waals surface area (Å²) in [7, 11) is 0. The lowest BCUT2D eigenvalue weighted by Gasteiger charge is -2.21. The van der Waals surface area contributed by atoms with Crippen LogP contribution in [0.15, 0.2) is 60.7 Å². The predicted octanol–water partition coefficient (Wildman–Crippen LogP) is 3.67. The van der Waals surface area contributed by atoms with Gasteiger partial charge in [-0.15, -0.1) is 0 Å². The van der Waals surface area contributed by atoms with Crippen LogP contribution >= 0.6 is 0 Å². The van der Waals surface area contributed by atoms with Crippen molar-refractivity contribution in [3.05, 3.63) is 82.9 Å². The maximum Gasteiger partial charge on any atom is 0.266 e. The highest BCUT2D eigenvalue weighted by molar-refractivity contribution is 6.35. The number of ether oxygens (including phenoxy) is 2. The second kappa shape index (κ2) is 9.77. The normalized spacial score (nSPS) is 13.8. The van der Waals surface area contributed by atoms with Gasteiger partial charge in [0.1, 0.15) is 19.8 Å². The fourth-order valence-electron chi connectivity index (χ4n) is 4.41. The van der Waals surface area contributed by atoms with Crippen LogP contribution in [-0.2, 0) is 4.79 Å². The number of hydrogen-bond acceptors (Lipinski definition) is 6. The van der Waals surface area contributed by atoms with Crippen LogP contribution in [0.3, 0.4) is 0 Å². The van der Waals surface area contributed by atoms with Crippen LogP contribution in [0.2, 0.25) is 0 Å². The lowest BCUT2D eigenvalue weighted by atomic mass is 10.0. The molecular formula is C28H25N3O6. The Bertz CT molecular complexity index is 1430. The molecule has 0 aromatic heterocycles. The lowest BCUT2D eigenvalue weighted by molar-refractivity contribution is -0.116. The van der Waals surface area contributed by atoms with Crippen molar-refractivity contribution in [1.82, 2.24) is 4.90 Å². The van der Waals surface area contributed by atoms with Gasteiger partial charge in [0, 0.05) is 23.9 Å². The number of para-hydroxylation sites is 1. The van der Waals surface area contributed by atoms with E-state index in [2.05, 4.69) is 5.32 Å². The maximum absolute atomic E-state index is 13.2. The number of carbonyl (C=O) groups is 4. The first-order chi connectivity index (χ1) is 17.9. The molecule has 9 heteroatoms. The molecule has 0 radical (unpaired) electrons. The molecule has 3 aromatic carbocycles. The first-order valence-corrected chi connectivity index (χ1v) is 11.9. The summed E-state index contributed by atoms with van der Waals surface area (Å²) in [5, 5.41) is 2.77. The molecule has 2 aliphatic heterocycles. The standard InChI is InChI=1S/C28H25N3O6/c1-3-30(16-25(32)29-19-9-11-23-24(15-19)37-13-12-36-23)26(33)18-8-10-20-21(14-18)28(35)31(27(20)34)22-7-5-4-6-17(22)2/h4-11,14-15H,3,12-13,16H2,1-2H3,(H,29,32). The van der Waals surface area contributed by atoms with Gasteiger partial charge in [0.05, 0.1) is 16.8 Å². The molecule has 3 aromatic rings. The Kier molecular flexibility index (Phi) is 6.35. The number of rotatable bonds is 6. The molecule has 4 amide bonds. The Labute approximate surface area is 213 Å². The third-order valence-electron chi connectivity index (χ3n) is 6.32. The number of hydrogen-bond donors (Lipinski definition) is 1. The molecule has 0 bridgehead atoms. The van der Waals surface area contributed by atoms with E-state index in [1.54, 1.807) is 37.3 Å². The molecule has 188 valence electrons. The molecular weight excluding hydrogens is 474 g/mol. The van der Waals surface area contributed by atoms with Gasteiger partial charge in [-0.25, -0.2) is 4.90 Å². The summed E-state index contributed by atoms with van der Waals surface area (Å²) in [6.45, 7) is 4.56. The molecule has 0 spiro atoms. The number of nitrogens with zero attached hydrogens (tertiary/aromatic N) is 2.